The van der Waals surface area contributed by atoms with Crippen molar-refractivity contribution in [2.75, 3.05) is 31.1 Å². The molecular weight excluding hydrogens is 447 g/mol. The smallest absolute Gasteiger partial charge is 0.318 e. The van der Waals surface area contributed by atoms with Crippen molar-refractivity contribution in [2.45, 2.75) is 26.8 Å². The van der Waals surface area contributed by atoms with Crippen LogP contribution < -0.4 is 4.90 Å². The van der Waals surface area contributed by atoms with E-state index < -0.39 is 0 Å². The van der Waals surface area contributed by atoms with Gasteiger partial charge in [-0.05, 0) is 42.3 Å². The lowest BCUT2D eigenvalue weighted by Gasteiger charge is -2.33. The third kappa shape index (κ3) is 4.80. The molecule has 0 N–H and O–H groups in total. The lowest BCUT2D eigenvalue weighted by Crippen LogP contribution is -2.49. The summed E-state index contributed by atoms with van der Waals surface area (Å²) in [6.07, 6.45) is 0.693. The maximum Gasteiger partial charge on any atom is 0.318 e. The molecule has 1 amide bonds. The summed E-state index contributed by atoms with van der Waals surface area (Å²) in [5, 5.41) is 12.9. The predicted molar refractivity (Wildman–Crippen MR) is 130 cm³/mol. The van der Waals surface area contributed by atoms with Gasteiger partial charge < -0.3 is 14.2 Å². The first kappa shape index (κ1) is 22.8. The quantitative estimate of drug-likeness (QED) is 0.421. The van der Waals surface area contributed by atoms with Gasteiger partial charge in [0, 0.05) is 38.2 Å². The average molecular weight is 475 g/mol. The molecule has 0 saturated carbocycles. The minimum Gasteiger partial charge on any atom is -0.408 e. The van der Waals surface area contributed by atoms with Crippen molar-refractivity contribution in [1.82, 2.24) is 24.9 Å². The van der Waals surface area contributed by atoms with Crippen molar-refractivity contribution in [1.29, 1.82) is 0 Å². The van der Waals surface area contributed by atoms with Gasteiger partial charge in [0.25, 0.3) is 0 Å². The second-order valence-electron chi connectivity index (χ2n) is 8.60. The van der Waals surface area contributed by atoms with E-state index in [1.165, 1.54) is 6.07 Å². The number of hydrogen-bond donors (Lipinski definition) is 0. The van der Waals surface area contributed by atoms with Crippen LogP contribution >= 0.6 is 0 Å². The highest BCUT2D eigenvalue weighted by Gasteiger charge is 2.25. The summed E-state index contributed by atoms with van der Waals surface area (Å²) in [6.45, 7) is 6.20. The number of rotatable bonds is 6. The van der Waals surface area contributed by atoms with Gasteiger partial charge in [0.05, 0.1) is 11.4 Å². The fourth-order valence-corrected chi connectivity index (χ4v) is 4.21. The molecule has 0 bridgehead atoms. The van der Waals surface area contributed by atoms with Crippen molar-refractivity contribution in [3.63, 3.8) is 0 Å². The van der Waals surface area contributed by atoms with E-state index in [0.717, 1.165) is 16.8 Å². The van der Waals surface area contributed by atoms with Gasteiger partial charge in [-0.1, -0.05) is 42.4 Å². The average Bonchev–Trinajstić information content (AvgIpc) is 3.54. The summed E-state index contributed by atoms with van der Waals surface area (Å²) in [6, 6.07) is 17.2. The number of benzene rings is 2. The highest BCUT2D eigenvalue weighted by molar-refractivity contribution is 5.78. The minimum absolute atomic E-state index is 0.00783. The van der Waals surface area contributed by atoms with Crippen LogP contribution in [-0.4, -0.2) is 57.0 Å². The highest BCUT2D eigenvalue weighted by atomic mass is 19.1. The molecule has 1 saturated heterocycles. The number of anilines is 1. The van der Waals surface area contributed by atoms with E-state index >= 15 is 0 Å². The molecule has 0 radical (unpaired) electrons. The standard InChI is InChI=1S/C26H27FN6O2/c1-3-24-28-29-26(35-24)32-13-11-31(12-14-32)25(34)17-33-23(19-7-5-4-6-8-19)16-22(30-33)20-9-10-21(27)18(2)15-20/h4-10,15-16H,3,11-14,17H2,1-2H3. The van der Waals surface area contributed by atoms with E-state index in [1.54, 1.807) is 23.7 Å². The van der Waals surface area contributed by atoms with Crippen LogP contribution in [0.5, 0.6) is 0 Å². The lowest BCUT2D eigenvalue weighted by atomic mass is 10.1. The molecule has 180 valence electrons. The van der Waals surface area contributed by atoms with Gasteiger partial charge in [-0.2, -0.15) is 5.10 Å². The Bertz CT molecular complexity index is 1320. The molecule has 5 rings (SSSR count). The lowest BCUT2D eigenvalue weighted by molar-refractivity contribution is -0.132. The van der Waals surface area contributed by atoms with Crippen LogP contribution in [0.15, 0.2) is 59.0 Å². The highest BCUT2D eigenvalue weighted by Crippen LogP contribution is 2.27. The van der Waals surface area contributed by atoms with Gasteiger partial charge in [-0.25, -0.2) is 4.39 Å². The van der Waals surface area contributed by atoms with Crippen molar-refractivity contribution in [2.24, 2.45) is 0 Å². The zero-order valence-corrected chi connectivity index (χ0v) is 19.8. The van der Waals surface area contributed by atoms with Crippen LogP contribution in [0.25, 0.3) is 22.5 Å². The molecule has 0 aliphatic carbocycles. The first-order chi connectivity index (χ1) is 17.0. The zero-order valence-electron chi connectivity index (χ0n) is 19.8. The summed E-state index contributed by atoms with van der Waals surface area (Å²) >= 11 is 0. The first-order valence-corrected chi connectivity index (χ1v) is 11.8. The van der Waals surface area contributed by atoms with E-state index in [1.807, 2.05) is 53.1 Å². The Morgan fingerprint density at radius 2 is 1.77 bits per heavy atom. The summed E-state index contributed by atoms with van der Waals surface area (Å²) in [5.41, 5.74) is 3.87. The van der Waals surface area contributed by atoms with Gasteiger partial charge in [-0.3, -0.25) is 9.48 Å². The van der Waals surface area contributed by atoms with E-state index in [-0.39, 0.29) is 18.3 Å². The summed E-state index contributed by atoms with van der Waals surface area (Å²) < 4.78 is 21.2. The summed E-state index contributed by atoms with van der Waals surface area (Å²) in [7, 11) is 0. The Hall–Kier alpha value is -4.01. The number of aryl methyl sites for hydroxylation is 2. The van der Waals surface area contributed by atoms with E-state index in [9.17, 15) is 9.18 Å². The van der Waals surface area contributed by atoms with Crippen molar-refractivity contribution < 1.29 is 13.6 Å². The topological polar surface area (TPSA) is 80.3 Å². The molecule has 0 spiro atoms. The van der Waals surface area contributed by atoms with E-state index in [4.69, 9.17) is 9.52 Å². The minimum atomic E-state index is -0.253. The van der Waals surface area contributed by atoms with Gasteiger partial charge in [0.1, 0.15) is 12.4 Å². The second kappa shape index (κ2) is 9.69. The van der Waals surface area contributed by atoms with E-state index in [2.05, 4.69) is 10.2 Å². The number of carbonyl (C=O) groups is 1. The number of halogens is 1. The normalized spacial score (nSPS) is 13.9. The fraction of sp³-hybridized carbons (Fsp3) is 0.308. The molecule has 1 fully saturated rings. The molecule has 0 atom stereocenters. The number of piperazine rings is 1. The number of amides is 1. The third-order valence-corrected chi connectivity index (χ3v) is 6.25. The van der Waals surface area contributed by atoms with Crippen LogP contribution in [0.2, 0.25) is 0 Å². The van der Waals surface area contributed by atoms with Crippen LogP contribution in [0.1, 0.15) is 18.4 Å². The van der Waals surface area contributed by atoms with E-state index in [0.29, 0.717) is 55.8 Å². The molecular formula is C26H27FN6O2. The fourth-order valence-electron chi connectivity index (χ4n) is 4.21. The maximum atomic E-state index is 13.8. The van der Waals surface area contributed by atoms with Crippen LogP contribution in [-0.2, 0) is 17.8 Å². The van der Waals surface area contributed by atoms with Crippen LogP contribution in [0.3, 0.4) is 0 Å². The predicted octanol–water partition coefficient (Wildman–Crippen LogP) is 3.96. The molecule has 2 aromatic heterocycles. The Labute approximate surface area is 203 Å². The van der Waals surface area contributed by atoms with Gasteiger partial charge in [0.15, 0.2) is 0 Å². The van der Waals surface area contributed by atoms with Crippen molar-refractivity contribution in [3.05, 3.63) is 71.9 Å². The summed E-state index contributed by atoms with van der Waals surface area (Å²) in [5.74, 6) is 0.349. The maximum absolute atomic E-state index is 13.8. The van der Waals surface area contributed by atoms with Gasteiger partial charge in [0.2, 0.25) is 11.8 Å². The number of aromatic nitrogens is 4. The third-order valence-electron chi connectivity index (χ3n) is 6.25. The van der Waals surface area contributed by atoms with Crippen molar-refractivity contribution in [3.8, 4) is 22.5 Å². The molecule has 35 heavy (non-hydrogen) atoms. The number of nitrogens with zero attached hydrogens (tertiary/aromatic N) is 6. The second-order valence-corrected chi connectivity index (χ2v) is 8.60. The number of carbonyl (C=O) groups excluding carboxylic acids is 1. The zero-order chi connectivity index (χ0) is 24.4. The molecule has 4 aromatic rings. The summed E-state index contributed by atoms with van der Waals surface area (Å²) in [4.78, 5) is 17.1. The van der Waals surface area contributed by atoms with Crippen molar-refractivity contribution >= 4 is 11.9 Å². The Morgan fingerprint density at radius 1 is 1.00 bits per heavy atom. The molecule has 2 aromatic carbocycles. The monoisotopic (exact) mass is 474 g/mol. The molecule has 8 nitrogen and oxygen atoms in total. The van der Waals surface area contributed by atoms with Crippen LogP contribution in [0, 0.1) is 12.7 Å². The Kier molecular flexibility index (Phi) is 6.31. The first-order valence-electron chi connectivity index (χ1n) is 11.8. The molecule has 0 unspecified atom stereocenters. The SMILES string of the molecule is CCc1nnc(N2CCN(C(=O)Cn3nc(-c4ccc(F)c(C)c4)cc3-c3ccccc3)CC2)o1. The Balaban J connectivity index is 1.34. The van der Waals surface area contributed by atoms with Gasteiger partial charge in [-0.15, -0.1) is 5.10 Å². The van der Waals surface area contributed by atoms with Crippen LogP contribution in [0.4, 0.5) is 10.4 Å². The molecule has 1 aliphatic heterocycles. The number of hydrogen-bond acceptors (Lipinski definition) is 6. The Morgan fingerprint density at radius 3 is 2.46 bits per heavy atom. The molecule has 9 heteroatoms. The molecule has 3 heterocycles. The van der Waals surface area contributed by atoms with Gasteiger partial charge >= 0.3 is 6.01 Å². The largest absolute Gasteiger partial charge is 0.408 e. The molecule has 1 aliphatic rings.